The van der Waals surface area contributed by atoms with Gasteiger partial charge < -0.3 is 15.8 Å². The van der Waals surface area contributed by atoms with Crippen molar-refractivity contribution in [3.8, 4) is 11.6 Å². The summed E-state index contributed by atoms with van der Waals surface area (Å²) in [6.07, 6.45) is 7.57. The molecule has 1 saturated carbocycles. The number of nitrogen functional groups attached to an aromatic ring is 1. The summed E-state index contributed by atoms with van der Waals surface area (Å²) in [5.41, 5.74) is 8.57. The molecule has 5 nitrogen and oxygen atoms in total. The SMILES string of the molecule is Cc1cc(Oc2ncnc(NC3CCCCC3)c2N)cc(C)c1Cl. The Labute approximate surface area is 147 Å². The molecule has 1 aromatic carbocycles. The third-order valence-electron chi connectivity index (χ3n) is 4.42. The first-order valence-electron chi connectivity index (χ1n) is 8.36. The Morgan fingerprint density at radius 2 is 1.79 bits per heavy atom. The van der Waals surface area contributed by atoms with Gasteiger partial charge in [0.2, 0.25) is 5.88 Å². The zero-order valence-electron chi connectivity index (χ0n) is 14.1. The van der Waals surface area contributed by atoms with Crippen LogP contribution in [-0.4, -0.2) is 16.0 Å². The molecule has 0 atom stereocenters. The average Bonchev–Trinajstić information content (AvgIpc) is 2.57. The molecule has 24 heavy (non-hydrogen) atoms. The second kappa shape index (κ2) is 7.26. The molecule has 0 radical (unpaired) electrons. The highest BCUT2D eigenvalue weighted by molar-refractivity contribution is 6.32. The van der Waals surface area contributed by atoms with Gasteiger partial charge in [-0.2, -0.15) is 4.98 Å². The highest BCUT2D eigenvalue weighted by Crippen LogP contribution is 2.33. The first-order chi connectivity index (χ1) is 11.5. The molecule has 1 aliphatic carbocycles. The smallest absolute Gasteiger partial charge is 0.248 e. The summed E-state index contributed by atoms with van der Waals surface area (Å²) in [4.78, 5) is 8.45. The van der Waals surface area contributed by atoms with Gasteiger partial charge in [-0.05, 0) is 49.9 Å². The van der Waals surface area contributed by atoms with Gasteiger partial charge in [-0.25, -0.2) is 4.98 Å². The number of nitrogens with two attached hydrogens (primary N) is 1. The van der Waals surface area contributed by atoms with E-state index in [9.17, 15) is 0 Å². The lowest BCUT2D eigenvalue weighted by Gasteiger charge is -2.24. The molecule has 6 heteroatoms. The molecular formula is C18H23ClN4O. The summed E-state index contributed by atoms with van der Waals surface area (Å²) in [6, 6.07) is 4.18. The number of rotatable bonds is 4. The van der Waals surface area contributed by atoms with Gasteiger partial charge in [0.1, 0.15) is 17.8 Å². The van der Waals surface area contributed by atoms with E-state index in [0.717, 1.165) is 29.0 Å². The molecule has 1 aromatic heterocycles. The lowest BCUT2D eigenvalue weighted by atomic mass is 9.95. The third kappa shape index (κ3) is 3.73. The molecule has 0 amide bonds. The van der Waals surface area contributed by atoms with Crippen LogP contribution in [-0.2, 0) is 0 Å². The van der Waals surface area contributed by atoms with Gasteiger partial charge in [0.15, 0.2) is 5.82 Å². The minimum atomic E-state index is 0.365. The number of nitrogens with zero attached hydrogens (tertiary/aromatic N) is 2. The molecule has 1 aliphatic rings. The van der Waals surface area contributed by atoms with Crippen LogP contribution in [0.15, 0.2) is 18.5 Å². The van der Waals surface area contributed by atoms with Crippen molar-refractivity contribution in [2.45, 2.75) is 52.0 Å². The second-order valence-electron chi connectivity index (χ2n) is 6.39. The average molecular weight is 347 g/mol. The molecule has 3 rings (SSSR count). The minimum absolute atomic E-state index is 0.365. The van der Waals surface area contributed by atoms with Crippen molar-refractivity contribution in [2.75, 3.05) is 11.1 Å². The second-order valence-corrected chi connectivity index (χ2v) is 6.77. The van der Waals surface area contributed by atoms with Gasteiger partial charge >= 0.3 is 0 Å². The molecule has 0 unspecified atom stereocenters. The van der Waals surface area contributed by atoms with E-state index in [0.29, 0.717) is 29.2 Å². The summed E-state index contributed by atoms with van der Waals surface area (Å²) >= 11 is 6.20. The van der Waals surface area contributed by atoms with Crippen molar-refractivity contribution in [3.63, 3.8) is 0 Å². The molecule has 2 aromatic rings. The number of aromatic nitrogens is 2. The Kier molecular flexibility index (Phi) is 5.09. The van der Waals surface area contributed by atoms with E-state index in [-0.39, 0.29) is 0 Å². The fraction of sp³-hybridized carbons (Fsp3) is 0.444. The van der Waals surface area contributed by atoms with Crippen LogP contribution in [0.1, 0.15) is 43.2 Å². The molecule has 1 fully saturated rings. The third-order valence-corrected chi connectivity index (χ3v) is 5.01. The van der Waals surface area contributed by atoms with Crippen molar-refractivity contribution in [3.05, 3.63) is 34.6 Å². The monoisotopic (exact) mass is 346 g/mol. The predicted molar refractivity (Wildman–Crippen MR) is 97.9 cm³/mol. The number of halogens is 1. The number of hydrogen-bond donors (Lipinski definition) is 2. The Balaban J connectivity index is 1.80. The standard InChI is InChI=1S/C18H23ClN4O/c1-11-8-14(9-12(2)15(11)19)24-18-16(20)17(21-10-22-18)23-13-6-4-3-5-7-13/h8-10,13H,3-7,20H2,1-2H3,(H,21,22,23). The van der Waals surface area contributed by atoms with Crippen LogP contribution < -0.4 is 15.8 Å². The summed E-state index contributed by atoms with van der Waals surface area (Å²) in [7, 11) is 0. The van der Waals surface area contributed by atoms with E-state index in [4.69, 9.17) is 22.1 Å². The van der Waals surface area contributed by atoms with Crippen LogP contribution >= 0.6 is 11.6 Å². The Hall–Kier alpha value is -2.01. The normalized spacial score (nSPS) is 15.3. The molecule has 0 bridgehead atoms. The summed E-state index contributed by atoms with van der Waals surface area (Å²) in [5.74, 6) is 1.68. The van der Waals surface area contributed by atoms with Gasteiger partial charge in [-0.3, -0.25) is 0 Å². The van der Waals surface area contributed by atoms with Crippen LogP contribution in [0.2, 0.25) is 5.02 Å². The number of nitrogens with one attached hydrogen (secondary N) is 1. The molecule has 3 N–H and O–H groups in total. The highest BCUT2D eigenvalue weighted by Gasteiger charge is 2.17. The predicted octanol–water partition coefficient (Wildman–Crippen LogP) is 4.87. The zero-order valence-corrected chi connectivity index (χ0v) is 14.9. The zero-order chi connectivity index (χ0) is 17.1. The Morgan fingerprint density at radius 3 is 2.46 bits per heavy atom. The molecular weight excluding hydrogens is 324 g/mol. The van der Waals surface area contributed by atoms with Crippen LogP contribution in [0.5, 0.6) is 11.6 Å². The van der Waals surface area contributed by atoms with Gasteiger partial charge in [0.25, 0.3) is 0 Å². The number of hydrogen-bond acceptors (Lipinski definition) is 5. The number of aryl methyl sites for hydroxylation is 2. The largest absolute Gasteiger partial charge is 0.437 e. The van der Waals surface area contributed by atoms with Crippen LogP contribution in [0.3, 0.4) is 0 Å². The number of anilines is 2. The molecule has 0 aliphatic heterocycles. The van der Waals surface area contributed by atoms with Crippen molar-refractivity contribution < 1.29 is 4.74 Å². The topological polar surface area (TPSA) is 73.1 Å². The van der Waals surface area contributed by atoms with Gasteiger partial charge in [-0.1, -0.05) is 30.9 Å². The lowest BCUT2D eigenvalue weighted by Crippen LogP contribution is -2.23. The fourth-order valence-electron chi connectivity index (χ4n) is 3.09. The Morgan fingerprint density at radius 1 is 1.12 bits per heavy atom. The van der Waals surface area contributed by atoms with Crippen LogP contribution in [0.25, 0.3) is 0 Å². The molecule has 1 heterocycles. The minimum Gasteiger partial charge on any atom is -0.437 e. The van der Waals surface area contributed by atoms with Crippen molar-refractivity contribution >= 4 is 23.1 Å². The van der Waals surface area contributed by atoms with E-state index in [2.05, 4.69) is 15.3 Å². The molecule has 0 saturated heterocycles. The van der Waals surface area contributed by atoms with Gasteiger partial charge in [0.05, 0.1) is 0 Å². The van der Waals surface area contributed by atoms with Crippen LogP contribution in [0, 0.1) is 13.8 Å². The first-order valence-corrected chi connectivity index (χ1v) is 8.74. The van der Waals surface area contributed by atoms with E-state index >= 15 is 0 Å². The Bertz CT molecular complexity index is 706. The van der Waals surface area contributed by atoms with Crippen molar-refractivity contribution in [1.82, 2.24) is 9.97 Å². The van der Waals surface area contributed by atoms with E-state index in [1.807, 2.05) is 26.0 Å². The lowest BCUT2D eigenvalue weighted by molar-refractivity contribution is 0.457. The van der Waals surface area contributed by atoms with Crippen molar-refractivity contribution in [2.24, 2.45) is 0 Å². The van der Waals surface area contributed by atoms with Crippen molar-refractivity contribution in [1.29, 1.82) is 0 Å². The van der Waals surface area contributed by atoms with Crippen LogP contribution in [0.4, 0.5) is 11.5 Å². The quantitative estimate of drug-likeness (QED) is 0.826. The van der Waals surface area contributed by atoms with Gasteiger partial charge in [0, 0.05) is 11.1 Å². The number of benzene rings is 1. The number of ether oxygens (including phenoxy) is 1. The maximum absolute atomic E-state index is 6.22. The van der Waals surface area contributed by atoms with E-state index < -0.39 is 0 Å². The first kappa shape index (κ1) is 16.8. The van der Waals surface area contributed by atoms with E-state index in [1.54, 1.807) is 0 Å². The maximum atomic E-state index is 6.22. The van der Waals surface area contributed by atoms with Gasteiger partial charge in [-0.15, -0.1) is 0 Å². The maximum Gasteiger partial charge on any atom is 0.248 e. The fourth-order valence-corrected chi connectivity index (χ4v) is 3.20. The summed E-state index contributed by atoms with van der Waals surface area (Å²) in [6.45, 7) is 3.89. The summed E-state index contributed by atoms with van der Waals surface area (Å²) < 4.78 is 5.88. The summed E-state index contributed by atoms with van der Waals surface area (Å²) in [5, 5.41) is 4.18. The molecule has 0 spiro atoms. The highest BCUT2D eigenvalue weighted by atomic mass is 35.5. The molecule has 128 valence electrons. The van der Waals surface area contributed by atoms with E-state index in [1.165, 1.54) is 25.6 Å².